The number of nitrogens with one attached hydrogen (secondary N) is 1. The van der Waals surface area contributed by atoms with Crippen molar-refractivity contribution in [2.75, 3.05) is 36.5 Å². The van der Waals surface area contributed by atoms with E-state index in [4.69, 9.17) is 21.4 Å². The molecule has 1 aromatic carbocycles. The van der Waals surface area contributed by atoms with E-state index >= 15 is 0 Å². The number of likely N-dealkylation sites (N-methyl/N-ethyl adjacent to an activating group) is 1. The maximum absolute atomic E-state index is 6.35. The summed E-state index contributed by atoms with van der Waals surface area (Å²) in [7, 11) is 2.03. The molecule has 1 aromatic heterocycles. The van der Waals surface area contributed by atoms with E-state index in [2.05, 4.69) is 23.2 Å². The Labute approximate surface area is 162 Å². The first-order chi connectivity index (χ1) is 13.0. The number of unbranched alkanes of at least 4 members (excludes halogenated alkanes) is 1. The molecular weight excluding hydrogens is 336 g/mol. The highest BCUT2D eigenvalue weighted by Gasteiger charge is 2.22. The smallest absolute Gasteiger partial charge is 0.165 e. The molecule has 0 radical (unpaired) electrons. The van der Waals surface area contributed by atoms with Gasteiger partial charge in [0.05, 0.1) is 5.56 Å². The molecule has 27 heavy (non-hydrogen) atoms. The second kappa shape index (κ2) is 8.57. The first-order valence-electron chi connectivity index (χ1n) is 9.98. The van der Waals surface area contributed by atoms with Crippen LogP contribution in [0.4, 0.5) is 17.2 Å². The van der Waals surface area contributed by atoms with E-state index in [1.54, 1.807) is 0 Å². The predicted molar refractivity (Wildman–Crippen MR) is 114 cm³/mol. The molecule has 1 unspecified atom stereocenters. The first kappa shape index (κ1) is 19.4. The molecule has 5 N–H and O–H groups in total. The third-order valence-electron chi connectivity index (χ3n) is 5.43. The fraction of sp³-hybridized carbons (Fsp3) is 0.524. The minimum absolute atomic E-state index is 0.491. The first-order valence-corrected chi connectivity index (χ1v) is 9.98. The second-order valence-electron chi connectivity index (χ2n) is 7.48. The molecule has 6 heteroatoms. The van der Waals surface area contributed by atoms with Gasteiger partial charge in [0.2, 0.25) is 0 Å². The summed E-state index contributed by atoms with van der Waals surface area (Å²) in [6.45, 7) is 6.16. The number of aromatic nitrogens is 2. The molecule has 1 fully saturated rings. The number of piperidine rings is 1. The number of hydrogen-bond donors (Lipinski definition) is 3. The SMILES string of the molecule is CCCCc1cc(N2CCCC(NC)C2)nc(-c2c(N)ccc(C)c2N)n1. The van der Waals surface area contributed by atoms with Crippen molar-refractivity contribution in [3.05, 3.63) is 29.5 Å². The molecule has 1 saturated heterocycles. The normalized spacial score (nSPS) is 17.3. The molecule has 1 aliphatic heterocycles. The minimum Gasteiger partial charge on any atom is -0.398 e. The van der Waals surface area contributed by atoms with Gasteiger partial charge in [-0.05, 0) is 51.3 Å². The summed E-state index contributed by atoms with van der Waals surface area (Å²) in [6, 6.07) is 6.46. The molecule has 0 saturated carbocycles. The van der Waals surface area contributed by atoms with E-state index in [1.807, 2.05) is 26.1 Å². The maximum atomic E-state index is 6.35. The Kier molecular flexibility index (Phi) is 6.16. The summed E-state index contributed by atoms with van der Waals surface area (Å²) in [5.41, 5.74) is 16.7. The van der Waals surface area contributed by atoms with Gasteiger partial charge in [-0.1, -0.05) is 19.4 Å². The predicted octanol–water partition coefficient (Wildman–Crippen LogP) is 3.15. The van der Waals surface area contributed by atoms with E-state index in [1.165, 1.54) is 6.42 Å². The summed E-state index contributed by atoms with van der Waals surface area (Å²) in [6.07, 6.45) is 5.53. The van der Waals surface area contributed by atoms with Crippen LogP contribution in [0.2, 0.25) is 0 Å². The number of nitrogen functional groups attached to an aromatic ring is 2. The molecule has 6 nitrogen and oxygen atoms in total. The van der Waals surface area contributed by atoms with Crippen LogP contribution in [-0.2, 0) is 6.42 Å². The van der Waals surface area contributed by atoms with Gasteiger partial charge in [-0.3, -0.25) is 0 Å². The van der Waals surface area contributed by atoms with Gasteiger partial charge in [-0.15, -0.1) is 0 Å². The topological polar surface area (TPSA) is 93.1 Å². The molecule has 0 amide bonds. The van der Waals surface area contributed by atoms with Gasteiger partial charge in [-0.25, -0.2) is 9.97 Å². The zero-order valence-corrected chi connectivity index (χ0v) is 16.8. The quantitative estimate of drug-likeness (QED) is 0.678. The standard InChI is InChI=1S/C21H32N6/c1-4-5-7-15-12-18(27-11-6-8-16(13-27)24-3)26-21(25-15)19-17(22)10-9-14(2)20(19)23/h9-10,12,16,24H,4-8,11,13,22-23H2,1-3H3. The summed E-state index contributed by atoms with van der Waals surface area (Å²) >= 11 is 0. The van der Waals surface area contributed by atoms with Gasteiger partial charge in [0.15, 0.2) is 5.82 Å². The lowest BCUT2D eigenvalue weighted by Crippen LogP contribution is -2.44. The Bertz CT molecular complexity index is 788. The zero-order valence-electron chi connectivity index (χ0n) is 16.8. The molecule has 2 heterocycles. The van der Waals surface area contributed by atoms with Gasteiger partial charge in [0, 0.05) is 42.3 Å². The molecule has 146 valence electrons. The molecule has 0 bridgehead atoms. The van der Waals surface area contributed by atoms with Crippen molar-refractivity contribution in [1.82, 2.24) is 15.3 Å². The molecule has 1 atom stereocenters. The number of hydrogen-bond acceptors (Lipinski definition) is 6. The Morgan fingerprint density at radius 2 is 2.07 bits per heavy atom. The van der Waals surface area contributed by atoms with Crippen LogP contribution in [0.15, 0.2) is 18.2 Å². The van der Waals surface area contributed by atoms with E-state index < -0.39 is 0 Å². The lowest BCUT2D eigenvalue weighted by Gasteiger charge is -2.33. The third-order valence-corrected chi connectivity index (χ3v) is 5.43. The lowest BCUT2D eigenvalue weighted by atomic mass is 10.0. The van der Waals surface area contributed by atoms with Crippen molar-refractivity contribution in [3.63, 3.8) is 0 Å². The van der Waals surface area contributed by atoms with Crippen molar-refractivity contribution in [1.29, 1.82) is 0 Å². The van der Waals surface area contributed by atoms with Crippen LogP contribution >= 0.6 is 0 Å². The minimum atomic E-state index is 0.491. The molecule has 0 spiro atoms. The summed E-state index contributed by atoms with van der Waals surface area (Å²) < 4.78 is 0. The van der Waals surface area contributed by atoms with Crippen molar-refractivity contribution < 1.29 is 0 Å². The van der Waals surface area contributed by atoms with Crippen molar-refractivity contribution in [3.8, 4) is 11.4 Å². The average Bonchev–Trinajstić information content (AvgIpc) is 2.69. The molecule has 3 rings (SSSR count). The summed E-state index contributed by atoms with van der Waals surface area (Å²) in [4.78, 5) is 12.1. The second-order valence-corrected chi connectivity index (χ2v) is 7.48. The maximum Gasteiger partial charge on any atom is 0.165 e. The third kappa shape index (κ3) is 4.33. The highest BCUT2D eigenvalue weighted by atomic mass is 15.2. The molecule has 2 aromatic rings. The van der Waals surface area contributed by atoms with Crippen LogP contribution in [0.25, 0.3) is 11.4 Å². The van der Waals surface area contributed by atoms with Gasteiger partial charge in [0.25, 0.3) is 0 Å². The highest BCUT2D eigenvalue weighted by molar-refractivity contribution is 5.85. The average molecular weight is 369 g/mol. The number of nitrogens with zero attached hydrogens (tertiary/aromatic N) is 3. The van der Waals surface area contributed by atoms with Gasteiger partial charge in [0.1, 0.15) is 5.82 Å². The van der Waals surface area contributed by atoms with Crippen molar-refractivity contribution in [2.24, 2.45) is 0 Å². The van der Waals surface area contributed by atoms with E-state index in [0.717, 1.165) is 61.4 Å². The molecule has 1 aliphatic rings. The van der Waals surface area contributed by atoms with Crippen LogP contribution < -0.4 is 21.7 Å². The monoisotopic (exact) mass is 368 g/mol. The van der Waals surface area contributed by atoms with Crippen LogP contribution in [0, 0.1) is 6.92 Å². The fourth-order valence-corrected chi connectivity index (χ4v) is 3.65. The van der Waals surface area contributed by atoms with Crippen LogP contribution in [0.3, 0.4) is 0 Å². The van der Waals surface area contributed by atoms with Crippen LogP contribution in [0.1, 0.15) is 43.9 Å². The van der Waals surface area contributed by atoms with Gasteiger partial charge >= 0.3 is 0 Å². The van der Waals surface area contributed by atoms with Crippen LogP contribution in [-0.4, -0.2) is 36.1 Å². The highest BCUT2D eigenvalue weighted by Crippen LogP contribution is 2.33. The van der Waals surface area contributed by atoms with E-state index in [0.29, 0.717) is 23.2 Å². The van der Waals surface area contributed by atoms with E-state index in [-0.39, 0.29) is 0 Å². The van der Waals surface area contributed by atoms with E-state index in [9.17, 15) is 0 Å². The van der Waals surface area contributed by atoms with Crippen molar-refractivity contribution in [2.45, 2.75) is 52.0 Å². The lowest BCUT2D eigenvalue weighted by molar-refractivity contribution is 0.447. The fourth-order valence-electron chi connectivity index (χ4n) is 3.65. The van der Waals surface area contributed by atoms with Gasteiger partial charge in [-0.2, -0.15) is 0 Å². The number of aryl methyl sites for hydroxylation is 2. The number of anilines is 3. The Hall–Kier alpha value is -2.34. The zero-order chi connectivity index (χ0) is 19.4. The Balaban J connectivity index is 2.05. The Morgan fingerprint density at radius 1 is 1.26 bits per heavy atom. The number of nitrogens with two attached hydrogens (primary N) is 2. The molecular formula is C21H32N6. The summed E-state index contributed by atoms with van der Waals surface area (Å²) in [5.74, 6) is 1.62. The Morgan fingerprint density at radius 3 is 2.81 bits per heavy atom. The summed E-state index contributed by atoms with van der Waals surface area (Å²) in [5, 5.41) is 3.40. The van der Waals surface area contributed by atoms with Crippen molar-refractivity contribution >= 4 is 17.2 Å². The number of benzene rings is 1. The van der Waals surface area contributed by atoms with Crippen LogP contribution in [0.5, 0.6) is 0 Å². The number of rotatable bonds is 6. The molecule has 0 aliphatic carbocycles. The largest absolute Gasteiger partial charge is 0.398 e. The van der Waals surface area contributed by atoms with Gasteiger partial charge < -0.3 is 21.7 Å².